The third-order valence-corrected chi connectivity index (χ3v) is 5.94. The number of amides is 1. The van der Waals surface area contributed by atoms with Gasteiger partial charge in [-0.25, -0.2) is 9.67 Å². The Bertz CT molecular complexity index is 962. The van der Waals surface area contributed by atoms with E-state index in [-0.39, 0.29) is 18.3 Å². The third kappa shape index (κ3) is 4.66. The molecule has 3 heterocycles. The molecular formula is C20H25ClN6OS. The standard InChI is InChI=1S/C20H24N6OS.ClH/c1-3-14-4-6-15(7-5-14)17-12-28-20(22-17)23-19(27)18-13(2)26(25-24-18)16-8-10-21-11-9-16;/h4-7,12,16,21H,3,8-11H2,1-2H3,(H,22,23,27);1H. The zero-order valence-corrected chi connectivity index (χ0v) is 18.1. The van der Waals surface area contributed by atoms with Gasteiger partial charge in [-0.2, -0.15) is 0 Å². The van der Waals surface area contributed by atoms with Gasteiger partial charge < -0.3 is 5.32 Å². The molecule has 0 unspecified atom stereocenters. The van der Waals surface area contributed by atoms with Gasteiger partial charge in [0.25, 0.3) is 5.91 Å². The number of aromatic nitrogens is 4. The van der Waals surface area contributed by atoms with E-state index < -0.39 is 0 Å². The van der Waals surface area contributed by atoms with Crippen LogP contribution in [-0.2, 0) is 6.42 Å². The summed E-state index contributed by atoms with van der Waals surface area (Å²) in [7, 11) is 0. The average Bonchev–Trinajstić information content (AvgIpc) is 3.35. The summed E-state index contributed by atoms with van der Waals surface area (Å²) < 4.78 is 1.89. The van der Waals surface area contributed by atoms with Gasteiger partial charge in [0, 0.05) is 10.9 Å². The Kier molecular flexibility index (Phi) is 7.00. The van der Waals surface area contributed by atoms with E-state index in [9.17, 15) is 4.79 Å². The molecule has 9 heteroatoms. The van der Waals surface area contributed by atoms with Crippen molar-refractivity contribution in [3.63, 3.8) is 0 Å². The number of nitrogens with one attached hydrogen (secondary N) is 2. The smallest absolute Gasteiger partial charge is 0.279 e. The van der Waals surface area contributed by atoms with Crippen molar-refractivity contribution in [2.75, 3.05) is 18.4 Å². The maximum atomic E-state index is 12.7. The number of carbonyl (C=O) groups excluding carboxylic acids is 1. The molecule has 0 atom stereocenters. The number of aryl methyl sites for hydroxylation is 1. The minimum absolute atomic E-state index is 0. The summed E-state index contributed by atoms with van der Waals surface area (Å²) in [5.74, 6) is -0.264. The fourth-order valence-electron chi connectivity index (χ4n) is 3.48. The summed E-state index contributed by atoms with van der Waals surface area (Å²) in [6.07, 6.45) is 3.01. The monoisotopic (exact) mass is 432 g/mol. The van der Waals surface area contributed by atoms with Crippen molar-refractivity contribution < 1.29 is 4.79 Å². The second-order valence-corrected chi connectivity index (χ2v) is 7.85. The van der Waals surface area contributed by atoms with Gasteiger partial charge in [-0.3, -0.25) is 10.1 Å². The number of piperidine rings is 1. The molecule has 0 spiro atoms. The molecule has 1 aliphatic heterocycles. The number of hydrogen-bond acceptors (Lipinski definition) is 6. The van der Waals surface area contributed by atoms with Crippen molar-refractivity contribution in [1.29, 1.82) is 0 Å². The van der Waals surface area contributed by atoms with Crippen LogP contribution < -0.4 is 10.6 Å². The van der Waals surface area contributed by atoms with E-state index in [1.54, 1.807) is 0 Å². The molecule has 154 valence electrons. The molecule has 0 aliphatic carbocycles. The normalized spacial score (nSPS) is 14.4. The van der Waals surface area contributed by atoms with Gasteiger partial charge >= 0.3 is 0 Å². The molecule has 4 rings (SSSR count). The van der Waals surface area contributed by atoms with Crippen LogP contribution in [0.2, 0.25) is 0 Å². The van der Waals surface area contributed by atoms with E-state index in [4.69, 9.17) is 0 Å². The van der Waals surface area contributed by atoms with Gasteiger partial charge in [0.05, 0.1) is 17.4 Å². The molecule has 2 N–H and O–H groups in total. The summed E-state index contributed by atoms with van der Waals surface area (Å²) in [5.41, 5.74) is 4.36. The van der Waals surface area contributed by atoms with Gasteiger partial charge in [-0.05, 0) is 44.8 Å². The summed E-state index contributed by atoms with van der Waals surface area (Å²) in [5, 5.41) is 17.1. The fraction of sp³-hybridized carbons (Fsp3) is 0.400. The molecule has 1 fully saturated rings. The highest BCUT2D eigenvalue weighted by atomic mass is 35.5. The van der Waals surface area contributed by atoms with Gasteiger partial charge in [-0.15, -0.1) is 28.8 Å². The molecule has 29 heavy (non-hydrogen) atoms. The highest BCUT2D eigenvalue weighted by Gasteiger charge is 2.23. The lowest BCUT2D eigenvalue weighted by atomic mass is 10.1. The zero-order chi connectivity index (χ0) is 19.5. The van der Waals surface area contributed by atoms with Crippen LogP contribution in [0.5, 0.6) is 0 Å². The number of thiazole rings is 1. The first-order chi connectivity index (χ1) is 13.7. The summed E-state index contributed by atoms with van der Waals surface area (Å²) >= 11 is 1.41. The van der Waals surface area contributed by atoms with Crippen LogP contribution >= 0.6 is 23.7 Å². The topological polar surface area (TPSA) is 84.7 Å². The fourth-order valence-corrected chi connectivity index (χ4v) is 4.19. The molecule has 7 nitrogen and oxygen atoms in total. The number of halogens is 1. The lowest BCUT2D eigenvalue weighted by molar-refractivity contribution is 0.102. The molecule has 1 amide bonds. The first-order valence-electron chi connectivity index (χ1n) is 9.64. The Hall–Kier alpha value is -2.29. The largest absolute Gasteiger partial charge is 0.317 e. The Morgan fingerprint density at radius 1 is 1.28 bits per heavy atom. The zero-order valence-electron chi connectivity index (χ0n) is 16.5. The van der Waals surface area contributed by atoms with Crippen LogP contribution in [0.3, 0.4) is 0 Å². The van der Waals surface area contributed by atoms with Crippen LogP contribution in [-0.4, -0.2) is 39.0 Å². The van der Waals surface area contributed by atoms with E-state index >= 15 is 0 Å². The molecule has 1 aliphatic rings. The SMILES string of the molecule is CCc1ccc(-c2csc(NC(=O)c3nnn(C4CCNCC4)c3C)n2)cc1.Cl. The van der Waals surface area contributed by atoms with Crippen molar-refractivity contribution >= 4 is 34.8 Å². The van der Waals surface area contributed by atoms with Crippen LogP contribution in [0.15, 0.2) is 29.6 Å². The quantitative estimate of drug-likeness (QED) is 0.639. The van der Waals surface area contributed by atoms with Crippen LogP contribution in [0.1, 0.15) is 47.6 Å². The van der Waals surface area contributed by atoms with Gasteiger partial charge in [0.2, 0.25) is 0 Å². The molecule has 0 bridgehead atoms. The minimum Gasteiger partial charge on any atom is -0.317 e. The van der Waals surface area contributed by atoms with E-state index in [0.717, 1.165) is 49.3 Å². The van der Waals surface area contributed by atoms with Crippen LogP contribution in [0.25, 0.3) is 11.3 Å². The predicted molar refractivity (Wildman–Crippen MR) is 118 cm³/mol. The van der Waals surface area contributed by atoms with Crippen molar-refractivity contribution in [3.8, 4) is 11.3 Å². The average molecular weight is 433 g/mol. The van der Waals surface area contributed by atoms with Crippen LogP contribution in [0.4, 0.5) is 5.13 Å². The number of rotatable bonds is 5. The number of benzene rings is 1. The number of hydrogen-bond donors (Lipinski definition) is 2. The highest BCUT2D eigenvalue weighted by Crippen LogP contribution is 2.26. The Morgan fingerprint density at radius 3 is 2.69 bits per heavy atom. The molecule has 1 aromatic carbocycles. The summed E-state index contributed by atoms with van der Waals surface area (Å²) in [6, 6.07) is 8.64. The Balaban J connectivity index is 0.00000240. The third-order valence-electron chi connectivity index (χ3n) is 5.18. The number of nitrogens with zero attached hydrogens (tertiary/aromatic N) is 4. The number of carbonyl (C=O) groups is 1. The van der Waals surface area contributed by atoms with Crippen molar-refractivity contribution in [2.24, 2.45) is 0 Å². The van der Waals surface area contributed by atoms with E-state index in [2.05, 4.69) is 57.1 Å². The minimum atomic E-state index is -0.264. The lowest BCUT2D eigenvalue weighted by Crippen LogP contribution is -2.30. The second-order valence-electron chi connectivity index (χ2n) is 6.99. The maximum Gasteiger partial charge on any atom is 0.279 e. The lowest BCUT2D eigenvalue weighted by Gasteiger charge is -2.23. The van der Waals surface area contributed by atoms with Crippen molar-refractivity contribution in [1.82, 2.24) is 25.3 Å². The first kappa shape index (κ1) is 21.4. The van der Waals surface area contributed by atoms with Gasteiger partial charge in [0.1, 0.15) is 0 Å². The van der Waals surface area contributed by atoms with E-state index in [1.807, 2.05) is 17.0 Å². The molecule has 0 radical (unpaired) electrons. The molecule has 1 saturated heterocycles. The maximum absolute atomic E-state index is 12.7. The van der Waals surface area contributed by atoms with E-state index in [0.29, 0.717) is 16.9 Å². The summed E-state index contributed by atoms with van der Waals surface area (Å²) in [6.45, 7) is 5.97. The first-order valence-corrected chi connectivity index (χ1v) is 10.5. The van der Waals surface area contributed by atoms with Crippen molar-refractivity contribution in [3.05, 3.63) is 46.6 Å². The predicted octanol–water partition coefficient (Wildman–Crippen LogP) is 3.87. The Morgan fingerprint density at radius 2 is 2.00 bits per heavy atom. The van der Waals surface area contributed by atoms with E-state index in [1.165, 1.54) is 16.9 Å². The second kappa shape index (κ2) is 9.47. The molecule has 0 saturated carbocycles. The van der Waals surface area contributed by atoms with Gasteiger partial charge in [0.15, 0.2) is 10.8 Å². The molecule has 2 aromatic heterocycles. The highest BCUT2D eigenvalue weighted by molar-refractivity contribution is 7.14. The molecular weight excluding hydrogens is 408 g/mol. The molecule has 3 aromatic rings. The van der Waals surface area contributed by atoms with Crippen molar-refractivity contribution in [2.45, 2.75) is 39.2 Å². The Labute approximate surface area is 180 Å². The number of anilines is 1. The summed E-state index contributed by atoms with van der Waals surface area (Å²) in [4.78, 5) is 17.2. The van der Waals surface area contributed by atoms with Crippen LogP contribution in [0, 0.1) is 6.92 Å². The van der Waals surface area contributed by atoms with Gasteiger partial charge in [-0.1, -0.05) is 36.4 Å².